The Morgan fingerprint density at radius 1 is 1.33 bits per heavy atom. The van der Waals surface area contributed by atoms with Gasteiger partial charge in [-0.25, -0.2) is 6.57 Å². The Morgan fingerprint density at radius 3 is 2.50 bits per heavy atom. The lowest BCUT2D eigenvalue weighted by Crippen LogP contribution is -1.86. The van der Waals surface area contributed by atoms with Crippen LogP contribution in [0.4, 0.5) is 0 Å². The third-order valence-electron chi connectivity index (χ3n) is 1.60. The van der Waals surface area contributed by atoms with Crippen molar-refractivity contribution in [3.63, 3.8) is 0 Å². The van der Waals surface area contributed by atoms with Crippen molar-refractivity contribution in [2.75, 3.05) is 6.54 Å². The van der Waals surface area contributed by atoms with Crippen molar-refractivity contribution in [2.24, 2.45) is 0 Å². The molecule has 0 amide bonds. The van der Waals surface area contributed by atoms with Crippen LogP contribution < -0.4 is 0 Å². The fraction of sp³-hybridized carbons (Fsp3) is 0.200. The number of nitriles is 1. The predicted molar refractivity (Wildman–Crippen MR) is 46.3 cm³/mol. The molecule has 0 fully saturated rings. The molecular weight excluding hydrogens is 148 g/mol. The highest BCUT2D eigenvalue weighted by Crippen LogP contribution is 2.03. The molecule has 0 unspecified atom stereocenters. The van der Waals surface area contributed by atoms with Gasteiger partial charge in [-0.05, 0) is 17.7 Å². The molecule has 0 saturated carbocycles. The number of rotatable bonds is 2. The van der Waals surface area contributed by atoms with Gasteiger partial charge in [-0.3, -0.25) is 0 Å². The molecule has 0 spiro atoms. The minimum atomic E-state index is 0.520. The van der Waals surface area contributed by atoms with E-state index in [1.54, 1.807) is 12.1 Å². The minimum Gasteiger partial charge on any atom is -0.317 e. The van der Waals surface area contributed by atoms with Crippen molar-refractivity contribution in [2.45, 2.75) is 6.42 Å². The summed E-state index contributed by atoms with van der Waals surface area (Å²) in [6.07, 6.45) is 0.773. The summed E-state index contributed by atoms with van der Waals surface area (Å²) in [7, 11) is 0. The smallest absolute Gasteiger partial charge is 0.218 e. The van der Waals surface area contributed by atoms with E-state index in [9.17, 15) is 0 Å². The number of hydrogen-bond donors (Lipinski definition) is 0. The summed E-state index contributed by atoms with van der Waals surface area (Å²) < 4.78 is 0. The first-order valence-electron chi connectivity index (χ1n) is 3.69. The van der Waals surface area contributed by atoms with E-state index in [4.69, 9.17) is 11.8 Å². The molecule has 0 aliphatic heterocycles. The number of hydrogen-bond acceptors (Lipinski definition) is 1. The monoisotopic (exact) mass is 156 g/mol. The molecule has 0 aliphatic rings. The summed E-state index contributed by atoms with van der Waals surface area (Å²) in [6.45, 7) is 7.12. The van der Waals surface area contributed by atoms with Gasteiger partial charge in [0.2, 0.25) is 6.54 Å². The van der Waals surface area contributed by atoms with Gasteiger partial charge in [0.15, 0.2) is 0 Å². The minimum absolute atomic E-state index is 0.520. The van der Waals surface area contributed by atoms with Crippen molar-refractivity contribution in [1.29, 1.82) is 5.26 Å². The van der Waals surface area contributed by atoms with Crippen LogP contribution in [0.25, 0.3) is 4.85 Å². The lowest BCUT2D eigenvalue weighted by Gasteiger charge is -1.93. The molecule has 0 atom stereocenters. The Kier molecular flexibility index (Phi) is 2.87. The molecular formula is C10H8N2. The van der Waals surface area contributed by atoms with Gasteiger partial charge >= 0.3 is 0 Å². The van der Waals surface area contributed by atoms with E-state index in [1.165, 1.54) is 0 Å². The molecule has 0 saturated heterocycles. The van der Waals surface area contributed by atoms with Crippen molar-refractivity contribution in [3.8, 4) is 6.07 Å². The molecule has 2 heteroatoms. The summed E-state index contributed by atoms with van der Waals surface area (Å²) in [5, 5.41) is 8.51. The zero-order valence-electron chi connectivity index (χ0n) is 6.62. The van der Waals surface area contributed by atoms with Gasteiger partial charge in [0.1, 0.15) is 0 Å². The van der Waals surface area contributed by atoms with E-state index in [1.807, 2.05) is 18.2 Å². The normalized spacial score (nSPS) is 8.50. The zero-order valence-corrected chi connectivity index (χ0v) is 6.62. The van der Waals surface area contributed by atoms with E-state index < -0.39 is 0 Å². The average molecular weight is 156 g/mol. The Bertz CT molecular complexity index is 324. The third-order valence-corrected chi connectivity index (χ3v) is 1.60. The van der Waals surface area contributed by atoms with Gasteiger partial charge in [-0.1, -0.05) is 12.1 Å². The molecule has 1 aromatic rings. The topological polar surface area (TPSA) is 28.1 Å². The highest BCUT2D eigenvalue weighted by molar-refractivity contribution is 5.31. The first kappa shape index (κ1) is 8.30. The van der Waals surface area contributed by atoms with E-state index in [-0.39, 0.29) is 0 Å². The number of nitrogens with zero attached hydrogens (tertiary/aromatic N) is 2. The Balaban J connectivity index is 2.68. The first-order chi connectivity index (χ1) is 5.86. The van der Waals surface area contributed by atoms with E-state index in [0.717, 1.165) is 12.0 Å². The maximum Gasteiger partial charge on any atom is 0.218 e. The summed E-state index contributed by atoms with van der Waals surface area (Å²) in [6, 6.07) is 9.39. The molecule has 58 valence electrons. The van der Waals surface area contributed by atoms with Crippen LogP contribution in [0.2, 0.25) is 0 Å². The van der Waals surface area contributed by atoms with Crippen LogP contribution in [-0.4, -0.2) is 6.54 Å². The fourth-order valence-corrected chi connectivity index (χ4v) is 0.931. The Morgan fingerprint density at radius 2 is 2.00 bits per heavy atom. The van der Waals surface area contributed by atoms with Crippen LogP contribution in [0, 0.1) is 17.9 Å². The third kappa shape index (κ3) is 2.11. The van der Waals surface area contributed by atoms with Crippen molar-refractivity contribution in [1.82, 2.24) is 0 Å². The second-order valence-corrected chi connectivity index (χ2v) is 2.44. The second kappa shape index (κ2) is 4.16. The second-order valence-electron chi connectivity index (χ2n) is 2.44. The highest BCUT2D eigenvalue weighted by Gasteiger charge is 1.94. The van der Waals surface area contributed by atoms with E-state index in [0.29, 0.717) is 12.1 Å². The van der Waals surface area contributed by atoms with E-state index >= 15 is 0 Å². The quantitative estimate of drug-likeness (QED) is 0.602. The molecule has 0 bridgehead atoms. The van der Waals surface area contributed by atoms with Crippen LogP contribution in [-0.2, 0) is 6.42 Å². The Hall–Kier alpha value is -1.80. The first-order valence-corrected chi connectivity index (χ1v) is 3.69. The molecule has 0 heterocycles. The SMILES string of the molecule is [C-]#[N+]CCc1ccc(C#N)cc1. The molecule has 1 rings (SSSR count). The molecule has 2 nitrogen and oxygen atoms in total. The largest absolute Gasteiger partial charge is 0.317 e. The maximum atomic E-state index is 8.51. The molecule has 0 aliphatic carbocycles. The molecule has 12 heavy (non-hydrogen) atoms. The van der Waals surface area contributed by atoms with Gasteiger partial charge < -0.3 is 4.85 Å². The lowest BCUT2D eigenvalue weighted by atomic mass is 10.1. The van der Waals surface area contributed by atoms with Crippen LogP contribution in [0.3, 0.4) is 0 Å². The van der Waals surface area contributed by atoms with Crippen LogP contribution >= 0.6 is 0 Å². The van der Waals surface area contributed by atoms with Crippen molar-refractivity contribution < 1.29 is 0 Å². The van der Waals surface area contributed by atoms with Crippen LogP contribution in [0.5, 0.6) is 0 Å². The summed E-state index contributed by atoms with van der Waals surface area (Å²) in [5.74, 6) is 0. The predicted octanol–water partition coefficient (Wildman–Crippen LogP) is 2.02. The number of benzene rings is 1. The maximum absolute atomic E-state index is 8.51. The zero-order chi connectivity index (χ0) is 8.81. The highest BCUT2D eigenvalue weighted by atomic mass is 14.6. The fourth-order valence-electron chi connectivity index (χ4n) is 0.931. The summed E-state index contributed by atoms with van der Waals surface area (Å²) >= 11 is 0. The molecule has 0 radical (unpaired) electrons. The van der Waals surface area contributed by atoms with Crippen LogP contribution in [0.15, 0.2) is 24.3 Å². The van der Waals surface area contributed by atoms with Crippen molar-refractivity contribution >= 4 is 0 Å². The van der Waals surface area contributed by atoms with Gasteiger partial charge in [0.25, 0.3) is 0 Å². The summed E-state index contributed by atoms with van der Waals surface area (Å²) in [5.41, 5.74) is 1.78. The van der Waals surface area contributed by atoms with Gasteiger partial charge in [-0.2, -0.15) is 5.26 Å². The lowest BCUT2D eigenvalue weighted by molar-refractivity contribution is 1.08. The van der Waals surface area contributed by atoms with Gasteiger partial charge in [0, 0.05) is 6.42 Å². The van der Waals surface area contributed by atoms with Gasteiger partial charge in [-0.15, -0.1) is 0 Å². The van der Waals surface area contributed by atoms with Crippen molar-refractivity contribution in [3.05, 3.63) is 46.8 Å². The Labute approximate surface area is 71.9 Å². The van der Waals surface area contributed by atoms with E-state index in [2.05, 4.69) is 4.85 Å². The standard InChI is InChI=1S/C10H8N2/c1-12-7-6-9-2-4-10(8-11)5-3-9/h2-5H,6-7H2. The van der Waals surface area contributed by atoms with Crippen LogP contribution in [0.1, 0.15) is 11.1 Å². The summed E-state index contributed by atoms with van der Waals surface area (Å²) in [4.78, 5) is 3.26. The molecule has 1 aromatic carbocycles. The van der Waals surface area contributed by atoms with Gasteiger partial charge in [0.05, 0.1) is 11.6 Å². The average Bonchev–Trinajstić information content (AvgIpc) is 2.15. The molecule has 0 aromatic heterocycles. The molecule has 0 N–H and O–H groups in total.